The van der Waals surface area contributed by atoms with Gasteiger partial charge in [-0.2, -0.15) is 0 Å². The predicted molar refractivity (Wildman–Crippen MR) is 136 cm³/mol. The number of likely N-dealkylation sites (tertiary alicyclic amines) is 1. The lowest BCUT2D eigenvalue weighted by Gasteiger charge is -2.39. The van der Waals surface area contributed by atoms with E-state index >= 15 is 0 Å². The third-order valence-electron chi connectivity index (χ3n) is 7.43. The second-order valence-electron chi connectivity index (χ2n) is 9.74. The van der Waals surface area contributed by atoms with Crippen molar-refractivity contribution in [3.8, 4) is 5.75 Å². The monoisotopic (exact) mass is 463 g/mol. The molecule has 0 bridgehead atoms. The highest BCUT2D eigenvalue weighted by atomic mass is 16.5. The first-order valence-electron chi connectivity index (χ1n) is 12.5. The summed E-state index contributed by atoms with van der Waals surface area (Å²) < 4.78 is 5.76. The highest BCUT2D eigenvalue weighted by Crippen LogP contribution is 2.25. The first-order valence-corrected chi connectivity index (χ1v) is 12.5. The normalized spacial score (nSPS) is 20.9. The summed E-state index contributed by atoms with van der Waals surface area (Å²) in [5, 5.41) is 0. The van der Waals surface area contributed by atoms with E-state index in [2.05, 4.69) is 50.8 Å². The lowest BCUT2D eigenvalue weighted by atomic mass is 9.97. The van der Waals surface area contributed by atoms with E-state index in [-0.39, 0.29) is 30.5 Å². The Bertz CT molecular complexity index is 1000. The number of anilines is 1. The van der Waals surface area contributed by atoms with Gasteiger partial charge in [0.1, 0.15) is 5.75 Å². The Kier molecular flexibility index (Phi) is 7.44. The van der Waals surface area contributed by atoms with Crippen molar-refractivity contribution in [1.29, 1.82) is 0 Å². The molecule has 2 aromatic rings. The van der Waals surface area contributed by atoms with Crippen molar-refractivity contribution >= 4 is 17.5 Å². The molecule has 0 radical (unpaired) electrons. The number of amides is 2. The Labute approximate surface area is 203 Å². The number of nitrogens with zero attached hydrogens (tertiary/aromatic N) is 3. The van der Waals surface area contributed by atoms with Crippen LogP contribution < -0.4 is 9.64 Å². The standard InChI is InChI=1S/C28H37N3O3/c1-20-7-5-10-26(23(20)4)29-15-17-30(18-16-29)28(33)24-11-13-25(14-12-24)34-19-27(32)31-21(2)8-6-9-22(31)3/h5,7,10-14,21-22H,6,8-9,15-19H2,1-4H3. The molecule has 2 aromatic carbocycles. The van der Waals surface area contributed by atoms with E-state index in [4.69, 9.17) is 4.74 Å². The van der Waals surface area contributed by atoms with E-state index in [1.807, 2.05) is 9.80 Å². The van der Waals surface area contributed by atoms with Crippen LogP contribution in [0.4, 0.5) is 5.69 Å². The van der Waals surface area contributed by atoms with Crippen LogP contribution >= 0.6 is 0 Å². The zero-order valence-corrected chi connectivity index (χ0v) is 20.9. The van der Waals surface area contributed by atoms with Gasteiger partial charge in [-0.25, -0.2) is 0 Å². The maximum absolute atomic E-state index is 13.0. The number of piperazine rings is 1. The van der Waals surface area contributed by atoms with Gasteiger partial charge in [0.05, 0.1) is 0 Å². The molecule has 0 aromatic heterocycles. The van der Waals surface area contributed by atoms with Gasteiger partial charge >= 0.3 is 0 Å². The third kappa shape index (κ3) is 5.21. The minimum atomic E-state index is 0.0292. The molecule has 2 aliphatic heterocycles. The second kappa shape index (κ2) is 10.5. The van der Waals surface area contributed by atoms with Crippen LogP contribution in [0, 0.1) is 13.8 Å². The van der Waals surface area contributed by atoms with Crippen LogP contribution in [-0.4, -0.2) is 66.5 Å². The number of rotatable bonds is 5. The highest BCUT2D eigenvalue weighted by Gasteiger charge is 2.29. The molecule has 2 atom stereocenters. The number of ether oxygens (including phenoxy) is 1. The van der Waals surface area contributed by atoms with Crippen molar-refractivity contribution in [3.05, 3.63) is 59.2 Å². The van der Waals surface area contributed by atoms with Gasteiger partial charge in [-0.3, -0.25) is 9.59 Å². The Hall–Kier alpha value is -3.02. The molecule has 2 unspecified atom stereocenters. The van der Waals surface area contributed by atoms with Gasteiger partial charge < -0.3 is 19.4 Å². The third-order valence-corrected chi connectivity index (χ3v) is 7.43. The van der Waals surface area contributed by atoms with E-state index < -0.39 is 0 Å². The topological polar surface area (TPSA) is 53.1 Å². The Balaban J connectivity index is 1.29. The smallest absolute Gasteiger partial charge is 0.260 e. The maximum atomic E-state index is 13.0. The van der Waals surface area contributed by atoms with Crippen LogP contribution in [0.1, 0.15) is 54.6 Å². The summed E-state index contributed by atoms with van der Waals surface area (Å²) in [6.07, 6.45) is 3.26. The number of aryl methyl sites for hydroxylation is 1. The van der Waals surface area contributed by atoms with Crippen molar-refractivity contribution in [2.75, 3.05) is 37.7 Å². The van der Waals surface area contributed by atoms with E-state index in [0.29, 0.717) is 24.4 Å². The minimum absolute atomic E-state index is 0.0292. The molecule has 0 spiro atoms. The maximum Gasteiger partial charge on any atom is 0.260 e. The fourth-order valence-electron chi connectivity index (χ4n) is 5.24. The summed E-state index contributed by atoms with van der Waals surface area (Å²) in [6, 6.07) is 14.1. The molecule has 182 valence electrons. The number of piperidine rings is 1. The first-order chi connectivity index (χ1) is 16.3. The van der Waals surface area contributed by atoms with Crippen LogP contribution in [0.5, 0.6) is 5.75 Å². The average Bonchev–Trinajstić information content (AvgIpc) is 2.84. The summed E-state index contributed by atoms with van der Waals surface area (Å²) in [6.45, 7) is 11.6. The molecule has 6 nitrogen and oxygen atoms in total. The zero-order valence-electron chi connectivity index (χ0n) is 20.9. The summed E-state index contributed by atoms with van der Waals surface area (Å²) in [7, 11) is 0. The number of carbonyl (C=O) groups is 2. The molecular formula is C28H37N3O3. The Morgan fingerprint density at radius 3 is 2.21 bits per heavy atom. The molecule has 34 heavy (non-hydrogen) atoms. The number of hydrogen-bond acceptors (Lipinski definition) is 4. The second-order valence-corrected chi connectivity index (χ2v) is 9.74. The minimum Gasteiger partial charge on any atom is -0.484 e. The summed E-state index contributed by atoms with van der Waals surface area (Å²) in [5.41, 5.74) is 4.51. The van der Waals surface area contributed by atoms with Crippen molar-refractivity contribution < 1.29 is 14.3 Å². The lowest BCUT2D eigenvalue weighted by Crippen LogP contribution is -2.49. The molecule has 6 heteroatoms. The van der Waals surface area contributed by atoms with E-state index in [1.54, 1.807) is 24.3 Å². The van der Waals surface area contributed by atoms with Crippen LogP contribution in [0.2, 0.25) is 0 Å². The van der Waals surface area contributed by atoms with Gasteiger partial charge in [0.2, 0.25) is 0 Å². The molecule has 0 N–H and O–H groups in total. The van der Waals surface area contributed by atoms with Gasteiger partial charge in [0, 0.05) is 49.5 Å². The van der Waals surface area contributed by atoms with Crippen molar-refractivity contribution in [2.24, 2.45) is 0 Å². The van der Waals surface area contributed by atoms with Crippen LogP contribution in [0.25, 0.3) is 0 Å². The number of carbonyl (C=O) groups excluding carboxylic acids is 2. The number of benzene rings is 2. The van der Waals surface area contributed by atoms with Crippen LogP contribution in [0.3, 0.4) is 0 Å². The van der Waals surface area contributed by atoms with E-state index in [0.717, 1.165) is 25.9 Å². The van der Waals surface area contributed by atoms with Crippen LogP contribution in [-0.2, 0) is 4.79 Å². The van der Waals surface area contributed by atoms with Gasteiger partial charge in [-0.15, -0.1) is 0 Å². The van der Waals surface area contributed by atoms with Gasteiger partial charge in [-0.1, -0.05) is 12.1 Å². The first kappa shape index (κ1) is 24.1. The molecule has 4 rings (SSSR count). The van der Waals surface area contributed by atoms with Gasteiger partial charge in [-0.05, 0) is 88.4 Å². The summed E-state index contributed by atoms with van der Waals surface area (Å²) >= 11 is 0. The lowest BCUT2D eigenvalue weighted by molar-refractivity contribution is -0.139. The van der Waals surface area contributed by atoms with Crippen molar-refractivity contribution in [1.82, 2.24) is 9.80 Å². The summed E-state index contributed by atoms with van der Waals surface area (Å²) in [4.78, 5) is 31.9. The zero-order chi connectivity index (χ0) is 24.2. The van der Waals surface area contributed by atoms with Crippen molar-refractivity contribution in [2.45, 2.75) is 59.0 Å². The largest absolute Gasteiger partial charge is 0.484 e. The molecule has 2 fully saturated rings. The van der Waals surface area contributed by atoms with E-state index in [1.165, 1.54) is 23.2 Å². The highest BCUT2D eigenvalue weighted by molar-refractivity contribution is 5.94. The van der Waals surface area contributed by atoms with Gasteiger partial charge in [0.15, 0.2) is 6.61 Å². The quantitative estimate of drug-likeness (QED) is 0.658. The Morgan fingerprint density at radius 1 is 0.912 bits per heavy atom. The van der Waals surface area contributed by atoms with Gasteiger partial charge in [0.25, 0.3) is 11.8 Å². The molecule has 0 saturated carbocycles. The van der Waals surface area contributed by atoms with E-state index in [9.17, 15) is 9.59 Å². The molecular weight excluding hydrogens is 426 g/mol. The molecule has 2 heterocycles. The average molecular weight is 464 g/mol. The van der Waals surface area contributed by atoms with Crippen LogP contribution in [0.15, 0.2) is 42.5 Å². The Morgan fingerprint density at radius 2 is 1.56 bits per heavy atom. The molecule has 2 aliphatic rings. The summed E-state index contributed by atoms with van der Waals surface area (Å²) in [5.74, 6) is 0.683. The fraction of sp³-hybridized carbons (Fsp3) is 0.500. The number of hydrogen-bond donors (Lipinski definition) is 0. The fourth-order valence-corrected chi connectivity index (χ4v) is 5.24. The predicted octanol–water partition coefficient (Wildman–Crippen LogP) is 4.43. The molecule has 2 saturated heterocycles. The van der Waals surface area contributed by atoms with Crippen molar-refractivity contribution in [3.63, 3.8) is 0 Å². The molecule has 0 aliphatic carbocycles. The molecule has 2 amide bonds. The SMILES string of the molecule is Cc1cccc(N2CCN(C(=O)c3ccc(OCC(=O)N4C(C)CCCC4C)cc3)CC2)c1C.